The number of hydrogen-bond acceptors (Lipinski definition) is 4. The normalized spacial score (nSPS) is 14.9. The number of likely N-dealkylation sites (N-methyl/N-ethyl adjacent to an activating group) is 1. The number of piperazine rings is 1. The van der Waals surface area contributed by atoms with Crippen molar-refractivity contribution < 1.29 is 14.3 Å². The van der Waals surface area contributed by atoms with Crippen molar-refractivity contribution >= 4 is 11.8 Å². The van der Waals surface area contributed by atoms with Crippen molar-refractivity contribution in [2.45, 2.75) is 0 Å². The number of hydrogen-bond donors (Lipinski definition) is 0. The Kier molecular flexibility index (Phi) is 4.20. The Morgan fingerprint density at radius 3 is 2.65 bits per heavy atom. The predicted octanol–water partition coefficient (Wildman–Crippen LogP) is 0.238. The summed E-state index contributed by atoms with van der Waals surface area (Å²) in [4.78, 5) is 26.5. The van der Waals surface area contributed by atoms with Crippen LogP contribution in [0.4, 0.5) is 0 Å². The van der Waals surface area contributed by atoms with Gasteiger partial charge in [0.1, 0.15) is 5.75 Å². The molecule has 1 aliphatic heterocycles. The first kappa shape index (κ1) is 13.9. The van der Waals surface area contributed by atoms with Crippen molar-refractivity contribution in [1.29, 1.82) is 5.26 Å². The van der Waals surface area contributed by atoms with Crippen molar-refractivity contribution in [2.24, 2.45) is 0 Å². The summed E-state index contributed by atoms with van der Waals surface area (Å²) in [5.41, 5.74) is 0.536. The second-order valence-corrected chi connectivity index (χ2v) is 4.56. The Hall–Kier alpha value is -2.55. The molecule has 0 aromatic heterocycles. The van der Waals surface area contributed by atoms with E-state index in [0.717, 1.165) is 0 Å². The number of ether oxygens (including phenoxy) is 1. The van der Waals surface area contributed by atoms with Crippen LogP contribution in [0.2, 0.25) is 0 Å². The van der Waals surface area contributed by atoms with Gasteiger partial charge in [-0.15, -0.1) is 0 Å². The van der Waals surface area contributed by atoms with Gasteiger partial charge in [-0.1, -0.05) is 0 Å². The van der Waals surface area contributed by atoms with Gasteiger partial charge in [0.2, 0.25) is 5.91 Å². The molecule has 20 heavy (non-hydrogen) atoms. The molecule has 0 bridgehead atoms. The Morgan fingerprint density at radius 1 is 1.35 bits per heavy atom. The summed E-state index contributed by atoms with van der Waals surface area (Å²) in [6, 6.07) is 8.53. The maximum Gasteiger partial charge on any atom is 0.261 e. The first-order valence-corrected chi connectivity index (χ1v) is 6.25. The number of nitriles is 1. The fourth-order valence-corrected chi connectivity index (χ4v) is 1.83. The maximum atomic E-state index is 11.9. The number of amides is 2. The quantitative estimate of drug-likeness (QED) is 0.790. The van der Waals surface area contributed by atoms with Crippen LogP contribution in [-0.2, 0) is 9.59 Å². The molecule has 1 aromatic rings. The molecule has 1 aliphatic rings. The van der Waals surface area contributed by atoms with E-state index in [1.165, 1.54) is 4.90 Å². The Balaban J connectivity index is 1.85. The molecule has 1 heterocycles. The summed E-state index contributed by atoms with van der Waals surface area (Å²) >= 11 is 0. The van der Waals surface area contributed by atoms with Gasteiger partial charge in [0.05, 0.1) is 18.2 Å². The lowest BCUT2D eigenvalue weighted by Gasteiger charge is -2.31. The number of nitrogens with zero attached hydrogens (tertiary/aromatic N) is 3. The lowest BCUT2D eigenvalue weighted by atomic mass is 10.2. The van der Waals surface area contributed by atoms with Gasteiger partial charge in [0.15, 0.2) is 6.61 Å². The fraction of sp³-hybridized carbons (Fsp3) is 0.357. The lowest BCUT2D eigenvalue weighted by molar-refractivity contribution is -0.145. The molecule has 0 atom stereocenters. The first-order chi connectivity index (χ1) is 9.60. The zero-order valence-electron chi connectivity index (χ0n) is 11.2. The minimum atomic E-state index is -0.212. The number of carbonyl (C=O) groups is 2. The highest BCUT2D eigenvalue weighted by atomic mass is 16.5. The molecule has 0 unspecified atom stereocenters. The van der Waals surface area contributed by atoms with Crippen LogP contribution in [0.15, 0.2) is 24.3 Å². The highest BCUT2D eigenvalue weighted by molar-refractivity contribution is 5.86. The van der Waals surface area contributed by atoms with Gasteiger partial charge in [-0.05, 0) is 24.3 Å². The monoisotopic (exact) mass is 273 g/mol. The number of carbonyl (C=O) groups excluding carboxylic acids is 2. The van der Waals surface area contributed by atoms with E-state index in [4.69, 9.17) is 10.00 Å². The van der Waals surface area contributed by atoms with Crippen molar-refractivity contribution in [3.05, 3.63) is 29.8 Å². The maximum absolute atomic E-state index is 11.9. The van der Waals surface area contributed by atoms with Gasteiger partial charge < -0.3 is 14.5 Å². The topological polar surface area (TPSA) is 73.6 Å². The van der Waals surface area contributed by atoms with Gasteiger partial charge in [-0.25, -0.2) is 0 Å². The molecule has 6 heteroatoms. The van der Waals surface area contributed by atoms with Gasteiger partial charge >= 0.3 is 0 Å². The summed E-state index contributed by atoms with van der Waals surface area (Å²) in [5.74, 6) is 0.247. The van der Waals surface area contributed by atoms with Crippen LogP contribution < -0.4 is 4.74 Å². The largest absolute Gasteiger partial charge is 0.484 e. The molecule has 2 rings (SSSR count). The van der Waals surface area contributed by atoms with E-state index in [1.54, 1.807) is 36.2 Å². The van der Waals surface area contributed by atoms with Crippen LogP contribution in [-0.4, -0.2) is 54.9 Å². The molecular weight excluding hydrogens is 258 g/mol. The average molecular weight is 273 g/mol. The van der Waals surface area contributed by atoms with Crippen molar-refractivity contribution in [2.75, 3.05) is 33.3 Å². The summed E-state index contributed by atoms with van der Waals surface area (Å²) in [7, 11) is 1.72. The summed E-state index contributed by atoms with van der Waals surface area (Å²) in [5, 5.41) is 8.68. The fourth-order valence-electron chi connectivity index (χ4n) is 1.83. The Morgan fingerprint density at radius 2 is 2.05 bits per heavy atom. The third kappa shape index (κ3) is 3.26. The molecule has 0 radical (unpaired) electrons. The molecule has 0 saturated carbocycles. The van der Waals surface area contributed by atoms with Crippen molar-refractivity contribution in [3.8, 4) is 11.8 Å². The van der Waals surface area contributed by atoms with Crippen molar-refractivity contribution in [3.63, 3.8) is 0 Å². The minimum absolute atomic E-state index is 0.0667. The van der Waals surface area contributed by atoms with Crippen LogP contribution in [0.1, 0.15) is 5.56 Å². The van der Waals surface area contributed by atoms with Gasteiger partial charge in [0.25, 0.3) is 5.91 Å². The van der Waals surface area contributed by atoms with Gasteiger partial charge in [-0.3, -0.25) is 9.59 Å². The summed E-state index contributed by atoms with van der Waals surface area (Å²) < 4.78 is 5.36. The van der Waals surface area contributed by atoms with E-state index in [-0.39, 0.29) is 25.0 Å². The van der Waals surface area contributed by atoms with Gasteiger partial charge in [-0.2, -0.15) is 5.26 Å². The molecule has 0 spiro atoms. The second-order valence-electron chi connectivity index (χ2n) is 4.56. The van der Waals surface area contributed by atoms with Crippen molar-refractivity contribution in [1.82, 2.24) is 9.80 Å². The molecule has 1 saturated heterocycles. The molecule has 0 aliphatic carbocycles. The molecule has 6 nitrogen and oxygen atoms in total. The Labute approximate surface area is 117 Å². The SMILES string of the molecule is CN1CCN(C(=O)COc2ccc(C#N)cc2)CC1=O. The van der Waals surface area contributed by atoms with E-state index in [0.29, 0.717) is 24.4 Å². The Bertz CT molecular complexity index is 548. The molecule has 1 fully saturated rings. The average Bonchev–Trinajstić information content (AvgIpc) is 2.48. The lowest BCUT2D eigenvalue weighted by Crippen LogP contribution is -2.51. The third-order valence-corrected chi connectivity index (χ3v) is 3.16. The highest BCUT2D eigenvalue weighted by Crippen LogP contribution is 2.12. The molecule has 1 aromatic carbocycles. The van der Waals surface area contributed by atoms with Crippen LogP contribution in [0.3, 0.4) is 0 Å². The predicted molar refractivity (Wildman–Crippen MR) is 70.9 cm³/mol. The smallest absolute Gasteiger partial charge is 0.261 e. The molecule has 2 amide bonds. The third-order valence-electron chi connectivity index (χ3n) is 3.16. The van der Waals surface area contributed by atoms with Crippen LogP contribution in [0.5, 0.6) is 5.75 Å². The molecule has 0 N–H and O–H groups in total. The highest BCUT2D eigenvalue weighted by Gasteiger charge is 2.24. The zero-order chi connectivity index (χ0) is 14.5. The standard InChI is InChI=1S/C14H15N3O3/c1-16-6-7-17(9-13(16)18)14(19)10-20-12-4-2-11(8-15)3-5-12/h2-5H,6-7,9-10H2,1H3. The number of rotatable bonds is 3. The molecule has 104 valence electrons. The number of benzene rings is 1. The minimum Gasteiger partial charge on any atom is -0.484 e. The molecular formula is C14H15N3O3. The van der Waals surface area contributed by atoms with E-state index < -0.39 is 0 Å². The van der Waals surface area contributed by atoms with E-state index in [2.05, 4.69) is 0 Å². The first-order valence-electron chi connectivity index (χ1n) is 6.25. The zero-order valence-corrected chi connectivity index (χ0v) is 11.2. The second kappa shape index (κ2) is 6.06. The van der Waals surface area contributed by atoms with E-state index in [9.17, 15) is 9.59 Å². The summed E-state index contributed by atoms with van der Waals surface area (Å²) in [6.45, 7) is 1.06. The van der Waals surface area contributed by atoms with Gasteiger partial charge in [0, 0.05) is 20.1 Å². The van der Waals surface area contributed by atoms with Crippen LogP contribution >= 0.6 is 0 Å². The van der Waals surface area contributed by atoms with E-state index in [1.807, 2.05) is 6.07 Å². The van der Waals surface area contributed by atoms with Crippen LogP contribution in [0.25, 0.3) is 0 Å². The summed E-state index contributed by atoms with van der Waals surface area (Å²) in [6.07, 6.45) is 0. The van der Waals surface area contributed by atoms with E-state index >= 15 is 0 Å². The van der Waals surface area contributed by atoms with Crippen LogP contribution in [0, 0.1) is 11.3 Å².